The first-order chi connectivity index (χ1) is 13.6. The maximum Gasteiger partial charge on any atom is 0.316 e. The summed E-state index contributed by atoms with van der Waals surface area (Å²) in [5.41, 5.74) is 2.98. The van der Waals surface area contributed by atoms with Gasteiger partial charge in [0.1, 0.15) is 5.75 Å². The third-order valence-corrected chi connectivity index (χ3v) is 3.99. The number of carbonyl (C=O) groups is 1. The average Bonchev–Trinajstić information content (AvgIpc) is 3.39. The fraction of sp³-hybridized carbons (Fsp3) is 0.105. The van der Waals surface area contributed by atoms with Crippen molar-refractivity contribution in [1.82, 2.24) is 25.1 Å². The van der Waals surface area contributed by atoms with E-state index in [1.54, 1.807) is 42.3 Å². The minimum atomic E-state index is -0.519. The molecule has 0 unspecified atom stereocenters. The molecule has 0 saturated heterocycles. The Morgan fingerprint density at radius 3 is 2.57 bits per heavy atom. The molecule has 0 atom stereocenters. The second-order valence-electron chi connectivity index (χ2n) is 5.99. The highest BCUT2D eigenvalue weighted by Gasteiger charge is 2.18. The number of carbonyl (C=O) groups excluding carboxylic acids is 1. The molecule has 2 aromatic heterocycles. The van der Waals surface area contributed by atoms with Crippen molar-refractivity contribution in [2.24, 2.45) is 0 Å². The minimum absolute atomic E-state index is 0.171. The average molecular weight is 376 g/mol. The third kappa shape index (κ3) is 3.58. The smallest absolute Gasteiger partial charge is 0.316 e. The number of amides is 1. The maximum atomic E-state index is 12.3. The molecule has 2 heterocycles. The molecule has 0 bridgehead atoms. The predicted octanol–water partition coefficient (Wildman–Crippen LogP) is 2.89. The molecule has 0 fully saturated rings. The Hall–Kier alpha value is -4.01. The largest absolute Gasteiger partial charge is 0.497 e. The topological polar surface area (TPSA) is 108 Å². The lowest BCUT2D eigenvalue weighted by Crippen LogP contribution is -2.12. The van der Waals surface area contributed by atoms with Gasteiger partial charge in [0.15, 0.2) is 5.69 Å². The summed E-state index contributed by atoms with van der Waals surface area (Å²) in [7, 11) is 1.57. The number of hydrogen-bond donors (Lipinski definition) is 1. The van der Waals surface area contributed by atoms with Crippen LogP contribution in [0.15, 0.2) is 59.3 Å². The van der Waals surface area contributed by atoms with E-state index in [9.17, 15) is 4.79 Å². The van der Waals surface area contributed by atoms with Gasteiger partial charge in [0.25, 0.3) is 0 Å². The first-order valence-corrected chi connectivity index (χ1v) is 8.41. The van der Waals surface area contributed by atoms with Crippen molar-refractivity contribution in [3.8, 4) is 23.0 Å². The van der Waals surface area contributed by atoms with E-state index < -0.39 is 5.91 Å². The molecule has 0 aliphatic carbocycles. The van der Waals surface area contributed by atoms with E-state index in [1.807, 2.05) is 31.2 Å². The molecule has 140 valence electrons. The Kier molecular flexibility index (Phi) is 4.55. The number of anilines is 1. The summed E-state index contributed by atoms with van der Waals surface area (Å²) >= 11 is 0. The van der Waals surface area contributed by atoms with Gasteiger partial charge in [0.05, 0.1) is 19.0 Å². The van der Waals surface area contributed by atoms with Crippen LogP contribution in [0.5, 0.6) is 5.75 Å². The summed E-state index contributed by atoms with van der Waals surface area (Å²) in [6.45, 7) is 2.01. The van der Waals surface area contributed by atoms with Gasteiger partial charge in [-0.25, -0.2) is 4.68 Å². The number of hydrogen-bond acceptors (Lipinski definition) is 7. The van der Waals surface area contributed by atoms with Crippen molar-refractivity contribution in [2.45, 2.75) is 6.92 Å². The lowest BCUT2D eigenvalue weighted by molar-refractivity contribution is 0.0981. The van der Waals surface area contributed by atoms with E-state index in [4.69, 9.17) is 9.26 Å². The Morgan fingerprint density at radius 2 is 1.86 bits per heavy atom. The van der Waals surface area contributed by atoms with E-state index >= 15 is 0 Å². The van der Waals surface area contributed by atoms with Crippen molar-refractivity contribution < 1.29 is 14.1 Å². The van der Waals surface area contributed by atoms with Crippen molar-refractivity contribution in [3.05, 3.63) is 66.2 Å². The standard InChI is InChI=1S/C19H16N6O3/c1-12-3-7-14(8-4-12)25-11-16(22-24-25)17-21-19(28-23-17)18(26)20-13-5-9-15(27-2)10-6-13/h3-11H,1-2H3,(H,20,26). The molecule has 0 spiro atoms. The van der Waals surface area contributed by atoms with Crippen molar-refractivity contribution in [1.29, 1.82) is 0 Å². The third-order valence-electron chi connectivity index (χ3n) is 3.99. The second kappa shape index (κ2) is 7.31. The zero-order valence-electron chi connectivity index (χ0n) is 15.2. The molecule has 0 radical (unpaired) electrons. The molecule has 0 aliphatic rings. The Labute approximate surface area is 160 Å². The summed E-state index contributed by atoms with van der Waals surface area (Å²) < 4.78 is 11.7. The summed E-state index contributed by atoms with van der Waals surface area (Å²) in [5, 5.41) is 14.6. The monoisotopic (exact) mass is 376 g/mol. The number of benzene rings is 2. The number of rotatable bonds is 5. The molecule has 0 aliphatic heterocycles. The normalized spacial score (nSPS) is 10.6. The van der Waals surface area contributed by atoms with Gasteiger partial charge in [0.2, 0.25) is 5.82 Å². The predicted molar refractivity (Wildman–Crippen MR) is 100 cm³/mol. The fourth-order valence-corrected chi connectivity index (χ4v) is 2.47. The highest BCUT2D eigenvalue weighted by Crippen LogP contribution is 2.18. The van der Waals surface area contributed by atoms with E-state index in [0.717, 1.165) is 11.3 Å². The Morgan fingerprint density at radius 1 is 1.11 bits per heavy atom. The van der Waals surface area contributed by atoms with Gasteiger partial charge >= 0.3 is 11.8 Å². The molecule has 1 amide bonds. The van der Waals surface area contributed by atoms with Crippen LogP contribution in [0.25, 0.3) is 17.2 Å². The summed E-state index contributed by atoms with van der Waals surface area (Å²) in [6, 6.07) is 14.7. The molecule has 0 saturated carbocycles. The van der Waals surface area contributed by atoms with Crippen LogP contribution in [-0.4, -0.2) is 38.2 Å². The van der Waals surface area contributed by atoms with Crippen LogP contribution in [0, 0.1) is 6.92 Å². The molecular formula is C19H16N6O3. The van der Waals surface area contributed by atoms with Gasteiger partial charge in [0, 0.05) is 5.69 Å². The molecule has 28 heavy (non-hydrogen) atoms. The van der Waals surface area contributed by atoms with Crippen LogP contribution < -0.4 is 10.1 Å². The number of aryl methyl sites for hydroxylation is 1. The summed E-state index contributed by atoms with van der Waals surface area (Å²) in [6.07, 6.45) is 1.67. The maximum absolute atomic E-state index is 12.3. The van der Waals surface area contributed by atoms with Gasteiger partial charge in [-0.2, -0.15) is 4.98 Å². The van der Waals surface area contributed by atoms with Crippen molar-refractivity contribution in [3.63, 3.8) is 0 Å². The highest BCUT2D eigenvalue weighted by molar-refractivity contribution is 6.01. The number of nitrogens with one attached hydrogen (secondary N) is 1. The van der Waals surface area contributed by atoms with Crippen LogP contribution >= 0.6 is 0 Å². The van der Waals surface area contributed by atoms with Gasteiger partial charge in [-0.05, 0) is 43.3 Å². The van der Waals surface area contributed by atoms with E-state index in [2.05, 4.69) is 25.8 Å². The van der Waals surface area contributed by atoms with Gasteiger partial charge < -0.3 is 14.6 Å². The molecule has 9 heteroatoms. The van der Waals surface area contributed by atoms with Crippen LogP contribution in [0.4, 0.5) is 5.69 Å². The fourth-order valence-electron chi connectivity index (χ4n) is 2.47. The molecule has 9 nitrogen and oxygen atoms in total. The molecule has 2 aromatic carbocycles. The van der Waals surface area contributed by atoms with Crippen LogP contribution in [0.3, 0.4) is 0 Å². The van der Waals surface area contributed by atoms with Crippen LogP contribution in [-0.2, 0) is 0 Å². The van der Waals surface area contributed by atoms with Crippen molar-refractivity contribution in [2.75, 3.05) is 12.4 Å². The van der Waals surface area contributed by atoms with E-state index in [1.165, 1.54) is 0 Å². The van der Waals surface area contributed by atoms with Crippen molar-refractivity contribution >= 4 is 11.6 Å². The first kappa shape index (κ1) is 17.4. The van der Waals surface area contributed by atoms with E-state index in [-0.39, 0.29) is 11.7 Å². The number of ether oxygens (including phenoxy) is 1. The number of nitrogens with zero attached hydrogens (tertiary/aromatic N) is 5. The quantitative estimate of drug-likeness (QED) is 0.570. The lowest BCUT2D eigenvalue weighted by atomic mass is 10.2. The zero-order valence-corrected chi connectivity index (χ0v) is 15.2. The summed E-state index contributed by atoms with van der Waals surface area (Å²) in [4.78, 5) is 16.4. The van der Waals surface area contributed by atoms with Crippen LogP contribution in [0.1, 0.15) is 16.2 Å². The molecule has 4 aromatic rings. The SMILES string of the molecule is COc1ccc(NC(=O)c2nc(-c3cn(-c4ccc(C)cc4)nn3)no2)cc1. The minimum Gasteiger partial charge on any atom is -0.497 e. The summed E-state index contributed by atoms with van der Waals surface area (Å²) in [5.74, 6) is 0.179. The first-order valence-electron chi connectivity index (χ1n) is 8.41. The number of aromatic nitrogens is 5. The van der Waals surface area contributed by atoms with Crippen LogP contribution in [0.2, 0.25) is 0 Å². The number of methoxy groups -OCH3 is 1. The molecule has 4 rings (SSSR count). The lowest BCUT2D eigenvalue weighted by Gasteiger charge is -2.03. The van der Waals surface area contributed by atoms with Gasteiger partial charge in [-0.15, -0.1) is 5.10 Å². The second-order valence-corrected chi connectivity index (χ2v) is 5.99. The zero-order chi connectivity index (χ0) is 19.5. The van der Waals surface area contributed by atoms with Gasteiger partial charge in [-0.3, -0.25) is 4.79 Å². The molecule has 1 N–H and O–H groups in total. The Balaban J connectivity index is 1.49. The molecular weight excluding hydrogens is 360 g/mol. The van der Waals surface area contributed by atoms with E-state index in [0.29, 0.717) is 17.1 Å². The van der Waals surface area contributed by atoms with Gasteiger partial charge in [-0.1, -0.05) is 28.1 Å². The Bertz CT molecular complexity index is 1100. The highest BCUT2D eigenvalue weighted by atomic mass is 16.5.